The molecule has 8 aromatic rings. The van der Waals surface area contributed by atoms with Crippen molar-refractivity contribution in [2.24, 2.45) is 0 Å². The molecule has 1 heterocycles. The number of hydrogen-bond acceptors (Lipinski definition) is 2. The highest BCUT2D eigenvalue weighted by atomic mass is 19.1. The molecular weight excluding hydrogens is 590 g/mol. The van der Waals surface area contributed by atoms with Crippen LogP contribution in [0.25, 0.3) is 27.5 Å². The highest BCUT2D eigenvalue weighted by Crippen LogP contribution is 2.41. The molecule has 8 rings (SSSR count). The summed E-state index contributed by atoms with van der Waals surface area (Å²) in [6.07, 6.45) is 0. The Bertz CT molecular complexity index is 2200. The van der Waals surface area contributed by atoms with Gasteiger partial charge in [0.2, 0.25) is 0 Å². The Morgan fingerprint density at radius 2 is 0.771 bits per heavy atom. The van der Waals surface area contributed by atoms with E-state index in [-0.39, 0.29) is 5.82 Å². The zero-order chi connectivity index (χ0) is 32.9. The number of fused-ring (bicyclic) bond motifs is 3. The van der Waals surface area contributed by atoms with E-state index in [0.717, 1.165) is 56.2 Å². The van der Waals surface area contributed by atoms with E-state index in [1.54, 1.807) is 0 Å². The molecule has 0 N–H and O–H groups in total. The van der Waals surface area contributed by atoms with Gasteiger partial charge < -0.3 is 14.4 Å². The van der Waals surface area contributed by atoms with E-state index in [1.807, 2.05) is 44.2 Å². The lowest BCUT2D eigenvalue weighted by atomic mass is 10.1. The molecule has 0 saturated carbocycles. The minimum absolute atomic E-state index is 0.262. The molecule has 0 spiro atoms. The summed E-state index contributed by atoms with van der Waals surface area (Å²) in [5, 5.41) is 2.33. The van der Waals surface area contributed by atoms with Gasteiger partial charge in [-0.2, -0.15) is 0 Å². The van der Waals surface area contributed by atoms with Gasteiger partial charge in [-0.1, -0.05) is 86.6 Å². The van der Waals surface area contributed by atoms with E-state index in [4.69, 9.17) is 0 Å². The summed E-state index contributed by atoms with van der Waals surface area (Å²) in [5.74, 6) is -0.262. The predicted molar refractivity (Wildman–Crippen MR) is 201 cm³/mol. The summed E-state index contributed by atoms with van der Waals surface area (Å²) in [6, 6.07) is 61.6. The average Bonchev–Trinajstić information content (AvgIpc) is 3.49. The first-order chi connectivity index (χ1) is 23.7. The lowest BCUT2D eigenvalue weighted by molar-refractivity contribution is 0.628. The minimum Gasteiger partial charge on any atom is -0.311 e. The van der Waals surface area contributed by atoms with E-state index >= 15 is 0 Å². The maximum Gasteiger partial charge on any atom is 0.123 e. The smallest absolute Gasteiger partial charge is 0.123 e. The summed E-state index contributed by atoms with van der Waals surface area (Å²) in [6.45, 7) is 4.00. The van der Waals surface area contributed by atoms with Crippen molar-refractivity contribution in [1.29, 1.82) is 0 Å². The molecule has 0 aliphatic rings. The zero-order valence-electron chi connectivity index (χ0n) is 27.0. The van der Waals surface area contributed by atoms with Gasteiger partial charge in [-0.15, -0.1) is 0 Å². The third-order valence-corrected chi connectivity index (χ3v) is 8.41. The first kappa shape index (κ1) is 30.5. The fraction of sp³-hybridized carbons (Fsp3) is 0.0455. The van der Waals surface area contributed by atoms with Crippen LogP contribution in [0.5, 0.6) is 0 Å². The van der Waals surface area contributed by atoms with Crippen LogP contribution in [0, 0.1) is 5.82 Å². The molecule has 3 nitrogen and oxygen atoms in total. The number of anilines is 6. The van der Waals surface area contributed by atoms with E-state index in [0.29, 0.717) is 0 Å². The van der Waals surface area contributed by atoms with Crippen LogP contribution in [0.15, 0.2) is 182 Å². The molecule has 0 aliphatic heterocycles. The number of rotatable bonds is 7. The Morgan fingerprint density at radius 1 is 0.375 bits per heavy atom. The molecule has 0 aliphatic carbocycles. The van der Waals surface area contributed by atoms with Crippen LogP contribution in [-0.2, 0) is 0 Å². The van der Waals surface area contributed by atoms with Crippen molar-refractivity contribution in [2.45, 2.75) is 13.8 Å². The number of benzene rings is 7. The molecule has 0 saturated heterocycles. The van der Waals surface area contributed by atoms with Gasteiger partial charge in [-0.05, 0) is 109 Å². The molecule has 0 unspecified atom stereocenters. The van der Waals surface area contributed by atoms with Crippen molar-refractivity contribution in [1.82, 2.24) is 4.57 Å². The number of halogens is 1. The number of nitrogens with zero attached hydrogens (tertiary/aromatic N) is 3. The van der Waals surface area contributed by atoms with Crippen LogP contribution < -0.4 is 9.80 Å². The van der Waals surface area contributed by atoms with E-state index in [9.17, 15) is 4.39 Å². The Labute approximate surface area is 281 Å². The summed E-state index contributed by atoms with van der Waals surface area (Å²) in [4.78, 5) is 4.43. The standard InChI is InChI=1S/C42H30FN3.C2H6/c43-31-20-22-35(23-21-31)45(37-26-24-36(25-27-37)44(32-12-4-1-5-13-32)33-14-6-2-7-15-33)38-28-29-42-40(30-38)39-18-10-11-19-41(39)46(42)34-16-8-3-9-17-34;1-2/h1-30H;1-2H3. The predicted octanol–water partition coefficient (Wildman–Crippen LogP) is 12.9. The summed E-state index contributed by atoms with van der Waals surface area (Å²) in [7, 11) is 0. The Balaban J connectivity index is 0.00000179. The summed E-state index contributed by atoms with van der Waals surface area (Å²) in [5.41, 5.74) is 9.45. The van der Waals surface area contributed by atoms with Crippen molar-refractivity contribution in [3.05, 3.63) is 188 Å². The average molecular weight is 626 g/mol. The van der Waals surface area contributed by atoms with Crippen LogP contribution >= 0.6 is 0 Å². The lowest BCUT2D eigenvalue weighted by Gasteiger charge is -2.28. The number of hydrogen-bond donors (Lipinski definition) is 0. The van der Waals surface area contributed by atoms with Gasteiger partial charge in [-0.25, -0.2) is 4.39 Å². The molecule has 0 atom stereocenters. The van der Waals surface area contributed by atoms with Gasteiger partial charge in [0.1, 0.15) is 5.82 Å². The summed E-state index contributed by atoms with van der Waals surface area (Å²) < 4.78 is 16.5. The molecule has 4 heteroatoms. The fourth-order valence-electron chi connectivity index (χ4n) is 6.34. The Hall–Kier alpha value is -6.13. The fourth-order valence-corrected chi connectivity index (χ4v) is 6.34. The highest BCUT2D eigenvalue weighted by molar-refractivity contribution is 6.10. The largest absolute Gasteiger partial charge is 0.311 e. The first-order valence-corrected chi connectivity index (χ1v) is 16.4. The molecule has 7 aromatic carbocycles. The second kappa shape index (κ2) is 13.7. The maximum absolute atomic E-state index is 14.1. The zero-order valence-corrected chi connectivity index (χ0v) is 27.0. The SMILES string of the molecule is CC.Fc1ccc(N(c2ccc(N(c3ccccc3)c3ccccc3)cc2)c2ccc3c(c2)c2ccccc2n3-c2ccccc2)cc1. The van der Waals surface area contributed by atoms with Crippen LogP contribution in [0.2, 0.25) is 0 Å². The third-order valence-electron chi connectivity index (χ3n) is 8.41. The van der Waals surface area contributed by atoms with Crippen molar-refractivity contribution >= 4 is 55.9 Å². The van der Waals surface area contributed by atoms with Gasteiger partial charge in [0, 0.05) is 50.6 Å². The summed E-state index contributed by atoms with van der Waals surface area (Å²) >= 11 is 0. The molecule has 0 fully saturated rings. The highest BCUT2D eigenvalue weighted by Gasteiger charge is 2.18. The second-order valence-corrected chi connectivity index (χ2v) is 11.2. The normalized spacial score (nSPS) is 10.8. The molecule has 1 aromatic heterocycles. The number of aromatic nitrogens is 1. The van der Waals surface area contributed by atoms with Crippen molar-refractivity contribution < 1.29 is 4.39 Å². The van der Waals surface area contributed by atoms with Gasteiger partial charge in [-0.3, -0.25) is 0 Å². The van der Waals surface area contributed by atoms with Gasteiger partial charge >= 0.3 is 0 Å². The maximum atomic E-state index is 14.1. The Kier molecular flexibility index (Phi) is 8.71. The van der Waals surface area contributed by atoms with E-state index in [1.165, 1.54) is 17.5 Å². The molecule has 0 radical (unpaired) electrons. The minimum atomic E-state index is -0.262. The third kappa shape index (κ3) is 5.80. The Morgan fingerprint density at radius 3 is 1.33 bits per heavy atom. The van der Waals surface area contributed by atoms with Gasteiger partial charge in [0.15, 0.2) is 0 Å². The topological polar surface area (TPSA) is 11.4 Å². The van der Waals surface area contributed by atoms with Crippen molar-refractivity contribution in [2.75, 3.05) is 9.80 Å². The lowest BCUT2D eigenvalue weighted by Crippen LogP contribution is -2.12. The second-order valence-electron chi connectivity index (χ2n) is 11.2. The van der Waals surface area contributed by atoms with Crippen LogP contribution in [0.1, 0.15) is 13.8 Å². The van der Waals surface area contributed by atoms with Crippen LogP contribution in [-0.4, -0.2) is 4.57 Å². The van der Waals surface area contributed by atoms with Crippen LogP contribution in [0.4, 0.5) is 38.5 Å². The van der Waals surface area contributed by atoms with Gasteiger partial charge in [0.25, 0.3) is 0 Å². The van der Waals surface area contributed by atoms with E-state index < -0.39 is 0 Å². The van der Waals surface area contributed by atoms with Crippen molar-refractivity contribution in [3.8, 4) is 5.69 Å². The quantitative estimate of drug-likeness (QED) is 0.175. The number of para-hydroxylation sites is 4. The first-order valence-electron chi connectivity index (χ1n) is 16.4. The van der Waals surface area contributed by atoms with Crippen molar-refractivity contribution in [3.63, 3.8) is 0 Å². The van der Waals surface area contributed by atoms with Gasteiger partial charge in [0.05, 0.1) is 11.0 Å². The van der Waals surface area contributed by atoms with Crippen LogP contribution in [0.3, 0.4) is 0 Å². The molecule has 0 amide bonds. The van der Waals surface area contributed by atoms with E-state index in [2.05, 4.69) is 154 Å². The molecule has 0 bridgehead atoms. The molecule has 234 valence electrons. The monoisotopic (exact) mass is 625 g/mol. The molecule has 48 heavy (non-hydrogen) atoms. The molecular formula is C44H36FN3.